The molecule has 188 valence electrons. The fourth-order valence-corrected chi connectivity index (χ4v) is 8.10. The number of benzene rings is 2. The van der Waals surface area contributed by atoms with Crippen LogP contribution in [-0.2, 0) is 27.7 Å². The Hall–Kier alpha value is -2.52. The summed E-state index contributed by atoms with van der Waals surface area (Å²) in [5.41, 5.74) is 2.94. The van der Waals surface area contributed by atoms with E-state index in [0.717, 1.165) is 48.1 Å². The van der Waals surface area contributed by atoms with Crippen LogP contribution in [0, 0.1) is 17.7 Å². The van der Waals surface area contributed by atoms with E-state index in [4.69, 9.17) is 16.3 Å². The van der Waals surface area contributed by atoms with Crippen LogP contribution in [0.15, 0.2) is 64.9 Å². The molecule has 0 spiro atoms. The molecule has 2 aromatic carbocycles. The summed E-state index contributed by atoms with van der Waals surface area (Å²) < 4.78 is 48.3. The Balaban J connectivity index is 1.31. The van der Waals surface area contributed by atoms with Gasteiger partial charge in [0.2, 0.25) is 10.0 Å². The summed E-state index contributed by atoms with van der Waals surface area (Å²) in [6, 6.07) is 14.5. The molecule has 2 aliphatic rings. The normalized spacial score (nSPS) is 21.7. The lowest BCUT2D eigenvalue weighted by Crippen LogP contribution is -2.47. The Morgan fingerprint density at radius 1 is 1.03 bits per heavy atom. The highest BCUT2D eigenvalue weighted by atomic mass is 35.5. The lowest BCUT2D eigenvalue weighted by Gasteiger charge is -2.36. The van der Waals surface area contributed by atoms with Crippen LogP contribution in [0.5, 0.6) is 5.75 Å². The molecule has 36 heavy (non-hydrogen) atoms. The summed E-state index contributed by atoms with van der Waals surface area (Å²) in [4.78, 5) is 12.3. The minimum atomic E-state index is -3.65. The number of hydrogen-bond acceptors (Lipinski definition) is 5. The molecule has 1 heterocycles. The first-order chi connectivity index (χ1) is 17.3. The number of thiophene rings is 1. The maximum Gasteiger partial charge on any atom is 0.336 e. The van der Waals surface area contributed by atoms with Crippen LogP contribution in [0.4, 0.5) is 4.39 Å². The van der Waals surface area contributed by atoms with Crippen LogP contribution in [0.2, 0.25) is 4.34 Å². The summed E-state index contributed by atoms with van der Waals surface area (Å²) in [6.45, 7) is 0. The van der Waals surface area contributed by atoms with Crippen molar-refractivity contribution < 1.29 is 22.3 Å². The number of fused-ring (bicyclic) bond motifs is 3. The molecule has 0 amide bonds. The zero-order chi connectivity index (χ0) is 25.3. The van der Waals surface area contributed by atoms with Crippen molar-refractivity contribution in [2.75, 3.05) is 0 Å². The maximum atomic E-state index is 13.1. The summed E-state index contributed by atoms with van der Waals surface area (Å²) in [5.74, 6) is -0.0619. The third kappa shape index (κ3) is 5.72. The summed E-state index contributed by atoms with van der Waals surface area (Å²) in [5, 5.41) is 0. The van der Waals surface area contributed by atoms with E-state index in [9.17, 15) is 17.6 Å². The van der Waals surface area contributed by atoms with Crippen molar-refractivity contribution in [3.8, 4) is 5.75 Å². The van der Waals surface area contributed by atoms with E-state index < -0.39 is 16.0 Å². The van der Waals surface area contributed by atoms with Crippen molar-refractivity contribution >= 4 is 45.0 Å². The Bertz CT molecular complexity index is 1400. The zero-order valence-electron chi connectivity index (χ0n) is 19.3. The van der Waals surface area contributed by atoms with Gasteiger partial charge in [-0.3, -0.25) is 0 Å². The number of nitrogens with one attached hydrogen (secondary N) is 1. The second-order valence-corrected chi connectivity index (χ2v) is 13.0. The SMILES string of the molecule is O=C(C=Cc1ccc(F)cc1)Oc1ccc2c(c1)CC1CCCC(C2)C1NS(=O)(=O)c1ccc(Cl)s1. The van der Waals surface area contributed by atoms with Gasteiger partial charge >= 0.3 is 5.97 Å². The molecule has 1 aromatic heterocycles. The molecule has 3 aromatic rings. The molecule has 2 bridgehead atoms. The van der Waals surface area contributed by atoms with Gasteiger partial charge < -0.3 is 4.74 Å². The van der Waals surface area contributed by atoms with Gasteiger partial charge in [0.15, 0.2) is 0 Å². The molecule has 1 saturated carbocycles. The molecule has 9 heteroatoms. The number of sulfonamides is 1. The molecule has 3 atom stereocenters. The first-order valence-electron chi connectivity index (χ1n) is 11.8. The lowest BCUT2D eigenvalue weighted by atomic mass is 9.76. The van der Waals surface area contributed by atoms with Gasteiger partial charge in [-0.2, -0.15) is 0 Å². The van der Waals surface area contributed by atoms with E-state index in [1.807, 2.05) is 12.1 Å². The van der Waals surface area contributed by atoms with E-state index in [1.165, 1.54) is 18.2 Å². The number of esters is 1. The summed E-state index contributed by atoms with van der Waals surface area (Å²) in [7, 11) is -3.65. The fraction of sp³-hybridized carbons (Fsp3) is 0.296. The van der Waals surface area contributed by atoms with Crippen LogP contribution >= 0.6 is 22.9 Å². The Morgan fingerprint density at radius 2 is 1.75 bits per heavy atom. The molecular weight excluding hydrogens is 521 g/mol. The van der Waals surface area contributed by atoms with Crippen molar-refractivity contribution in [1.82, 2.24) is 4.72 Å². The van der Waals surface area contributed by atoms with Crippen molar-refractivity contribution in [2.24, 2.45) is 11.8 Å². The third-order valence-electron chi connectivity index (χ3n) is 6.91. The molecule has 1 fully saturated rings. The molecule has 0 saturated heterocycles. The molecule has 2 aliphatic carbocycles. The largest absolute Gasteiger partial charge is 0.423 e. The van der Waals surface area contributed by atoms with Gasteiger partial charge in [0.1, 0.15) is 15.8 Å². The Kier molecular flexibility index (Phi) is 7.30. The van der Waals surface area contributed by atoms with Crippen molar-refractivity contribution in [3.63, 3.8) is 0 Å². The smallest absolute Gasteiger partial charge is 0.336 e. The van der Waals surface area contributed by atoms with Crippen LogP contribution in [0.3, 0.4) is 0 Å². The van der Waals surface area contributed by atoms with Gasteiger partial charge in [-0.1, -0.05) is 36.2 Å². The highest BCUT2D eigenvalue weighted by Gasteiger charge is 2.39. The number of halogens is 2. The first-order valence-corrected chi connectivity index (χ1v) is 14.5. The average Bonchev–Trinajstić information content (AvgIpc) is 3.27. The van der Waals surface area contributed by atoms with Gasteiger partial charge in [0, 0.05) is 12.1 Å². The van der Waals surface area contributed by atoms with Gasteiger partial charge in [-0.05, 0) is 96.7 Å². The second-order valence-electron chi connectivity index (χ2n) is 9.30. The Labute approximate surface area is 219 Å². The lowest BCUT2D eigenvalue weighted by molar-refractivity contribution is -0.128. The molecule has 3 unspecified atom stereocenters. The Morgan fingerprint density at radius 3 is 2.44 bits per heavy atom. The van der Waals surface area contributed by atoms with E-state index in [-0.39, 0.29) is 27.9 Å². The van der Waals surface area contributed by atoms with E-state index in [1.54, 1.807) is 36.4 Å². The minimum Gasteiger partial charge on any atom is -0.423 e. The number of carbonyl (C=O) groups is 1. The van der Waals surface area contributed by atoms with E-state index in [2.05, 4.69) is 4.72 Å². The third-order valence-corrected chi connectivity index (χ3v) is 10.1. The molecule has 1 N–H and O–H groups in total. The summed E-state index contributed by atoms with van der Waals surface area (Å²) >= 11 is 7.03. The highest BCUT2D eigenvalue weighted by Crippen LogP contribution is 2.40. The minimum absolute atomic E-state index is 0.152. The molecule has 0 radical (unpaired) electrons. The number of carbonyl (C=O) groups excluding carboxylic acids is 1. The van der Waals surface area contributed by atoms with E-state index in [0.29, 0.717) is 22.1 Å². The van der Waals surface area contributed by atoms with Crippen molar-refractivity contribution in [2.45, 2.75) is 42.4 Å². The maximum absolute atomic E-state index is 13.1. The predicted octanol–water partition coefficient (Wildman–Crippen LogP) is 6.02. The van der Waals surface area contributed by atoms with Crippen LogP contribution in [0.1, 0.15) is 36.0 Å². The van der Waals surface area contributed by atoms with Gasteiger partial charge in [0.25, 0.3) is 0 Å². The fourth-order valence-electron chi connectivity index (χ4n) is 5.22. The average molecular weight is 546 g/mol. The standard InChI is InChI=1S/C27H25ClFNO4S2/c28-24-11-13-26(35-24)36(32,33)30-27-19-2-1-3-20(27)15-21-16-23(10-7-18(21)14-19)34-25(31)12-6-17-4-8-22(29)9-5-17/h4-13,16,19-20,27,30H,1-3,14-15H2. The monoisotopic (exact) mass is 545 g/mol. The van der Waals surface area contributed by atoms with Crippen LogP contribution < -0.4 is 9.46 Å². The van der Waals surface area contributed by atoms with Crippen LogP contribution in [-0.4, -0.2) is 20.4 Å². The van der Waals surface area contributed by atoms with Crippen molar-refractivity contribution in [1.29, 1.82) is 0 Å². The van der Waals surface area contributed by atoms with Crippen molar-refractivity contribution in [3.05, 3.63) is 87.5 Å². The highest BCUT2D eigenvalue weighted by molar-refractivity contribution is 7.91. The topological polar surface area (TPSA) is 72.5 Å². The molecular formula is C27H25ClFNO4S2. The van der Waals surface area contributed by atoms with Gasteiger partial charge in [-0.15, -0.1) is 11.3 Å². The zero-order valence-corrected chi connectivity index (χ0v) is 21.7. The predicted molar refractivity (Wildman–Crippen MR) is 139 cm³/mol. The molecule has 5 rings (SSSR count). The quantitative estimate of drug-likeness (QED) is 0.233. The first kappa shape index (κ1) is 25.1. The number of ether oxygens (including phenoxy) is 1. The number of rotatable bonds is 6. The molecule has 0 aliphatic heterocycles. The van der Waals surface area contributed by atoms with Gasteiger partial charge in [-0.25, -0.2) is 22.3 Å². The van der Waals surface area contributed by atoms with E-state index >= 15 is 0 Å². The summed E-state index contributed by atoms with van der Waals surface area (Å²) in [6.07, 6.45) is 7.31. The second kappa shape index (κ2) is 10.5. The number of hydrogen-bond donors (Lipinski definition) is 1. The molecule has 5 nitrogen and oxygen atoms in total. The van der Waals surface area contributed by atoms with Gasteiger partial charge in [0.05, 0.1) is 4.34 Å². The van der Waals surface area contributed by atoms with Crippen LogP contribution in [0.25, 0.3) is 6.08 Å².